The van der Waals surface area contributed by atoms with Gasteiger partial charge in [0.15, 0.2) is 23.0 Å². The molecule has 0 atom stereocenters. The van der Waals surface area contributed by atoms with E-state index in [4.69, 9.17) is 30.5 Å². The van der Waals surface area contributed by atoms with Crippen molar-refractivity contribution in [3.63, 3.8) is 0 Å². The molecular weight excluding hydrogens is 434 g/mol. The van der Waals surface area contributed by atoms with Crippen LogP contribution in [0.4, 0.5) is 11.5 Å². The standard InChI is InChI=1S/C22H20ClN5O4/c1-29-16-6-5-14(9-15(16)23)26-22-19(27-21-13(10-24)11-25-28(21)22)12-7-17(30-2)20(32-4)18(8-12)31-3/h5-9,11,26-27H,1-4H3. The maximum Gasteiger partial charge on any atom is 0.203 e. The number of nitrogens with one attached hydrogen (secondary N) is 2. The number of anilines is 2. The van der Waals surface area contributed by atoms with Crippen molar-refractivity contribution in [2.24, 2.45) is 0 Å². The van der Waals surface area contributed by atoms with E-state index < -0.39 is 0 Å². The molecule has 0 aliphatic carbocycles. The van der Waals surface area contributed by atoms with Crippen LogP contribution in [0.25, 0.3) is 16.9 Å². The van der Waals surface area contributed by atoms with Gasteiger partial charge in [0.2, 0.25) is 5.75 Å². The third-order valence-electron chi connectivity index (χ3n) is 4.95. The highest BCUT2D eigenvalue weighted by atomic mass is 35.5. The van der Waals surface area contributed by atoms with Crippen molar-refractivity contribution in [1.29, 1.82) is 5.26 Å². The zero-order chi connectivity index (χ0) is 22.8. The molecule has 0 saturated carbocycles. The van der Waals surface area contributed by atoms with Gasteiger partial charge in [0.1, 0.15) is 17.4 Å². The molecule has 0 spiro atoms. The number of benzene rings is 2. The highest BCUT2D eigenvalue weighted by Gasteiger charge is 2.21. The Bertz CT molecular complexity index is 1310. The van der Waals surface area contributed by atoms with Crippen molar-refractivity contribution >= 4 is 28.8 Å². The number of imidazole rings is 1. The normalized spacial score (nSPS) is 10.6. The van der Waals surface area contributed by atoms with Crippen LogP contribution in [0.1, 0.15) is 5.56 Å². The van der Waals surface area contributed by atoms with Crippen LogP contribution >= 0.6 is 11.6 Å². The Kier molecular flexibility index (Phi) is 5.71. The first-order valence-corrected chi connectivity index (χ1v) is 9.83. The van der Waals surface area contributed by atoms with Gasteiger partial charge in [-0.2, -0.15) is 14.9 Å². The predicted molar refractivity (Wildman–Crippen MR) is 121 cm³/mol. The van der Waals surface area contributed by atoms with E-state index in [-0.39, 0.29) is 0 Å². The molecule has 0 aliphatic heterocycles. The Balaban J connectivity index is 1.91. The molecule has 2 aromatic carbocycles. The molecule has 2 aromatic heterocycles. The number of H-pyrrole nitrogens is 1. The van der Waals surface area contributed by atoms with E-state index in [1.807, 2.05) is 18.2 Å². The van der Waals surface area contributed by atoms with Gasteiger partial charge in [-0.15, -0.1) is 0 Å². The van der Waals surface area contributed by atoms with Gasteiger partial charge in [-0.05, 0) is 30.3 Å². The van der Waals surface area contributed by atoms with Gasteiger partial charge in [0, 0.05) is 11.3 Å². The average molecular weight is 454 g/mol. The Morgan fingerprint density at radius 3 is 2.25 bits per heavy atom. The van der Waals surface area contributed by atoms with Crippen LogP contribution in [0.2, 0.25) is 5.02 Å². The predicted octanol–water partition coefficient (Wildman–Crippen LogP) is 4.63. The van der Waals surface area contributed by atoms with Crippen LogP contribution < -0.4 is 24.3 Å². The van der Waals surface area contributed by atoms with Crippen molar-refractivity contribution in [3.8, 4) is 40.3 Å². The van der Waals surface area contributed by atoms with E-state index >= 15 is 0 Å². The summed E-state index contributed by atoms with van der Waals surface area (Å²) in [5, 5.41) is 17.6. The summed E-state index contributed by atoms with van der Waals surface area (Å²) in [6.45, 7) is 0. The lowest BCUT2D eigenvalue weighted by Gasteiger charge is -2.15. The van der Waals surface area contributed by atoms with Gasteiger partial charge in [-0.3, -0.25) is 0 Å². The molecule has 0 radical (unpaired) electrons. The van der Waals surface area contributed by atoms with Gasteiger partial charge in [-0.25, -0.2) is 0 Å². The van der Waals surface area contributed by atoms with E-state index in [0.29, 0.717) is 56.4 Å². The summed E-state index contributed by atoms with van der Waals surface area (Å²) >= 11 is 6.30. The van der Waals surface area contributed by atoms with Crippen molar-refractivity contribution in [3.05, 3.63) is 47.1 Å². The molecule has 4 aromatic rings. The zero-order valence-corrected chi connectivity index (χ0v) is 18.6. The lowest BCUT2D eigenvalue weighted by molar-refractivity contribution is 0.324. The first-order chi connectivity index (χ1) is 15.5. The Labute approximate surface area is 189 Å². The summed E-state index contributed by atoms with van der Waals surface area (Å²) in [4.78, 5) is 3.28. The first kappa shape index (κ1) is 21.2. The third-order valence-corrected chi connectivity index (χ3v) is 5.24. The molecule has 0 amide bonds. The number of rotatable bonds is 7. The van der Waals surface area contributed by atoms with Crippen LogP contribution in [0, 0.1) is 11.3 Å². The van der Waals surface area contributed by atoms with E-state index in [0.717, 1.165) is 5.56 Å². The maximum atomic E-state index is 9.48. The first-order valence-electron chi connectivity index (χ1n) is 9.45. The Hall–Kier alpha value is -4.03. The van der Waals surface area contributed by atoms with Crippen molar-refractivity contribution < 1.29 is 18.9 Å². The largest absolute Gasteiger partial charge is 0.495 e. The Morgan fingerprint density at radius 2 is 1.69 bits per heavy atom. The van der Waals surface area contributed by atoms with Gasteiger partial charge < -0.3 is 29.2 Å². The SMILES string of the molecule is COc1ccc(Nc2c(-c3cc(OC)c(OC)c(OC)c3)[nH]c3c(C#N)cnn23)cc1Cl. The fourth-order valence-electron chi connectivity index (χ4n) is 3.43. The number of aromatic nitrogens is 3. The van der Waals surface area contributed by atoms with Crippen LogP contribution in [0.3, 0.4) is 0 Å². The maximum absolute atomic E-state index is 9.48. The smallest absolute Gasteiger partial charge is 0.203 e. The molecule has 0 bridgehead atoms. The molecule has 0 fully saturated rings. The topological polar surface area (TPSA) is 106 Å². The number of methoxy groups -OCH3 is 4. The van der Waals surface area contributed by atoms with Gasteiger partial charge >= 0.3 is 0 Å². The molecule has 0 saturated heterocycles. The van der Waals surface area contributed by atoms with Gasteiger partial charge in [0.25, 0.3) is 0 Å². The fourth-order valence-corrected chi connectivity index (χ4v) is 3.69. The van der Waals surface area contributed by atoms with Crippen molar-refractivity contribution in [2.45, 2.75) is 0 Å². The average Bonchev–Trinajstić information content (AvgIpc) is 3.37. The number of ether oxygens (including phenoxy) is 4. The summed E-state index contributed by atoms with van der Waals surface area (Å²) in [7, 11) is 6.20. The molecule has 9 nitrogen and oxygen atoms in total. The number of aromatic amines is 1. The quantitative estimate of drug-likeness (QED) is 0.420. The summed E-state index contributed by atoms with van der Waals surface area (Å²) in [6, 6.07) is 11.1. The molecule has 0 unspecified atom stereocenters. The minimum Gasteiger partial charge on any atom is -0.495 e. The highest BCUT2D eigenvalue weighted by molar-refractivity contribution is 6.32. The van der Waals surface area contributed by atoms with E-state index in [1.54, 1.807) is 45.1 Å². The molecule has 4 rings (SSSR count). The molecular formula is C22H20ClN5O4. The minimum atomic E-state index is 0.402. The molecule has 2 N–H and O–H groups in total. The Morgan fingerprint density at radius 1 is 1.00 bits per heavy atom. The van der Waals surface area contributed by atoms with Crippen LogP contribution in [-0.4, -0.2) is 43.0 Å². The summed E-state index contributed by atoms with van der Waals surface area (Å²) in [5.74, 6) is 2.62. The zero-order valence-electron chi connectivity index (χ0n) is 17.8. The van der Waals surface area contributed by atoms with Crippen LogP contribution in [0.15, 0.2) is 36.5 Å². The molecule has 10 heteroatoms. The molecule has 32 heavy (non-hydrogen) atoms. The molecule has 0 aliphatic rings. The van der Waals surface area contributed by atoms with E-state index in [1.165, 1.54) is 6.20 Å². The van der Waals surface area contributed by atoms with E-state index in [9.17, 15) is 5.26 Å². The monoisotopic (exact) mass is 453 g/mol. The lowest BCUT2D eigenvalue weighted by Crippen LogP contribution is -1.99. The number of hydrogen-bond acceptors (Lipinski definition) is 7. The lowest BCUT2D eigenvalue weighted by atomic mass is 10.1. The van der Waals surface area contributed by atoms with E-state index in [2.05, 4.69) is 21.5 Å². The number of halogens is 1. The highest BCUT2D eigenvalue weighted by Crippen LogP contribution is 2.43. The second-order valence-corrected chi connectivity index (χ2v) is 7.07. The van der Waals surface area contributed by atoms with Crippen molar-refractivity contribution in [1.82, 2.24) is 14.6 Å². The number of hydrogen-bond donors (Lipinski definition) is 2. The second kappa shape index (κ2) is 8.61. The number of fused-ring (bicyclic) bond motifs is 1. The molecule has 2 heterocycles. The third kappa shape index (κ3) is 3.50. The number of nitriles is 1. The van der Waals surface area contributed by atoms with Crippen LogP contribution in [-0.2, 0) is 0 Å². The van der Waals surface area contributed by atoms with Gasteiger partial charge in [-0.1, -0.05) is 11.6 Å². The van der Waals surface area contributed by atoms with Crippen LogP contribution in [0.5, 0.6) is 23.0 Å². The second-order valence-electron chi connectivity index (χ2n) is 6.67. The summed E-state index contributed by atoms with van der Waals surface area (Å²) < 4.78 is 23.3. The molecule has 164 valence electrons. The summed E-state index contributed by atoms with van der Waals surface area (Å²) in [5.41, 5.74) is 3.05. The fraction of sp³-hybridized carbons (Fsp3) is 0.182. The summed E-state index contributed by atoms with van der Waals surface area (Å²) in [6.07, 6.45) is 1.50. The van der Waals surface area contributed by atoms with Crippen molar-refractivity contribution in [2.75, 3.05) is 33.8 Å². The van der Waals surface area contributed by atoms with Gasteiger partial charge in [0.05, 0.1) is 45.4 Å². The minimum absolute atomic E-state index is 0.402. The number of nitrogens with zero attached hydrogens (tertiary/aromatic N) is 3.